The summed E-state index contributed by atoms with van der Waals surface area (Å²) in [7, 11) is 0. The minimum atomic E-state index is -0.973. The van der Waals surface area contributed by atoms with Gasteiger partial charge in [0.05, 0.1) is 0 Å². The first-order valence-electron chi connectivity index (χ1n) is 7.62. The van der Waals surface area contributed by atoms with Crippen molar-refractivity contribution in [2.24, 2.45) is 5.92 Å². The summed E-state index contributed by atoms with van der Waals surface area (Å²) in [6.07, 6.45) is 1.19. The van der Waals surface area contributed by atoms with Crippen LogP contribution >= 0.6 is 0 Å². The molecule has 0 radical (unpaired) electrons. The molecule has 0 bridgehead atoms. The standard InChI is InChI=1S/C18H19NO3/c1-2-16(18(21)22)19-17(20)15-10-14(15)13-8-7-11-5-3-4-6-12(11)9-13/h3-9,14-16H,2,10H2,1H3,(H,19,20)(H,21,22). The molecule has 1 saturated carbocycles. The monoisotopic (exact) mass is 297 g/mol. The molecule has 0 aliphatic heterocycles. The number of carboxylic acids is 1. The molecule has 2 N–H and O–H groups in total. The number of carbonyl (C=O) groups is 2. The van der Waals surface area contributed by atoms with Gasteiger partial charge < -0.3 is 10.4 Å². The Morgan fingerprint density at radius 2 is 1.95 bits per heavy atom. The molecule has 0 saturated heterocycles. The minimum absolute atomic E-state index is 0.102. The number of rotatable bonds is 5. The molecular weight excluding hydrogens is 278 g/mol. The maximum atomic E-state index is 12.2. The van der Waals surface area contributed by atoms with Gasteiger partial charge in [-0.1, -0.05) is 49.4 Å². The molecule has 1 aliphatic rings. The van der Waals surface area contributed by atoms with Crippen LogP contribution in [0.3, 0.4) is 0 Å². The van der Waals surface area contributed by atoms with E-state index < -0.39 is 12.0 Å². The predicted molar refractivity (Wildman–Crippen MR) is 84.7 cm³/mol. The Hall–Kier alpha value is -2.36. The van der Waals surface area contributed by atoms with E-state index in [1.807, 2.05) is 12.1 Å². The van der Waals surface area contributed by atoms with Crippen molar-refractivity contribution in [1.29, 1.82) is 0 Å². The van der Waals surface area contributed by atoms with E-state index in [2.05, 4.69) is 35.6 Å². The van der Waals surface area contributed by atoms with Gasteiger partial charge in [-0.3, -0.25) is 4.79 Å². The Morgan fingerprint density at radius 1 is 1.23 bits per heavy atom. The number of fused-ring (bicyclic) bond motifs is 1. The van der Waals surface area contributed by atoms with Crippen LogP contribution in [0.2, 0.25) is 0 Å². The average molecular weight is 297 g/mol. The van der Waals surface area contributed by atoms with Gasteiger partial charge in [-0.2, -0.15) is 0 Å². The Morgan fingerprint density at radius 3 is 2.64 bits per heavy atom. The SMILES string of the molecule is CCC(NC(=O)C1CC1c1ccc2ccccc2c1)C(=O)O. The molecule has 2 aromatic rings. The van der Waals surface area contributed by atoms with E-state index in [4.69, 9.17) is 5.11 Å². The molecule has 3 rings (SSSR count). The van der Waals surface area contributed by atoms with Crippen LogP contribution in [0.1, 0.15) is 31.2 Å². The van der Waals surface area contributed by atoms with Gasteiger partial charge >= 0.3 is 5.97 Å². The van der Waals surface area contributed by atoms with Crippen molar-refractivity contribution in [3.05, 3.63) is 48.0 Å². The van der Waals surface area contributed by atoms with E-state index in [0.29, 0.717) is 6.42 Å². The molecule has 3 unspecified atom stereocenters. The largest absolute Gasteiger partial charge is 0.480 e. The van der Waals surface area contributed by atoms with Crippen LogP contribution < -0.4 is 5.32 Å². The normalized spacial score (nSPS) is 21.3. The summed E-state index contributed by atoms with van der Waals surface area (Å²) in [5, 5.41) is 14.0. The van der Waals surface area contributed by atoms with Gasteiger partial charge in [0.2, 0.25) is 5.91 Å². The lowest BCUT2D eigenvalue weighted by Crippen LogP contribution is -2.41. The van der Waals surface area contributed by atoms with Crippen molar-refractivity contribution < 1.29 is 14.7 Å². The summed E-state index contributed by atoms with van der Waals surface area (Å²) in [5.41, 5.74) is 1.15. The lowest BCUT2D eigenvalue weighted by Gasteiger charge is -2.12. The molecule has 114 valence electrons. The maximum Gasteiger partial charge on any atom is 0.326 e. The Balaban J connectivity index is 1.70. The third kappa shape index (κ3) is 2.82. The number of carboxylic acid groups (broad SMARTS) is 1. The fourth-order valence-corrected chi connectivity index (χ4v) is 2.91. The van der Waals surface area contributed by atoms with E-state index in [0.717, 1.165) is 12.0 Å². The highest BCUT2D eigenvalue weighted by Gasteiger charge is 2.44. The fraction of sp³-hybridized carbons (Fsp3) is 0.333. The predicted octanol–water partition coefficient (Wildman–Crippen LogP) is 2.92. The minimum Gasteiger partial charge on any atom is -0.480 e. The van der Waals surface area contributed by atoms with E-state index >= 15 is 0 Å². The lowest BCUT2D eigenvalue weighted by molar-refractivity contribution is -0.142. The smallest absolute Gasteiger partial charge is 0.326 e. The summed E-state index contributed by atoms with van der Waals surface area (Å²) in [5.74, 6) is -1.02. The van der Waals surface area contributed by atoms with Crippen LogP contribution in [0.15, 0.2) is 42.5 Å². The zero-order valence-electron chi connectivity index (χ0n) is 12.5. The molecule has 1 amide bonds. The Kier molecular flexibility index (Phi) is 3.84. The summed E-state index contributed by atoms with van der Waals surface area (Å²) in [4.78, 5) is 23.1. The molecule has 0 spiro atoms. The summed E-state index contributed by atoms with van der Waals surface area (Å²) >= 11 is 0. The van der Waals surface area contributed by atoms with Gasteiger partial charge in [-0.15, -0.1) is 0 Å². The van der Waals surface area contributed by atoms with Crippen LogP contribution in [0.25, 0.3) is 10.8 Å². The third-order valence-electron chi connectivity index (χ3n) is 4.35. The maximum absolute atomic E-state index is 12.2. The lowest BCUT2D eigenvalue weighted by atomic mass is 10.0. The van der Waals surface area contributed by atoms with Gasteiger partial charge in [-0.25, -0.2) is 4.79 Å². The van der Waals surface area contributed by atoms with Crippen molar-refractivity contribution in [2.45, 2.75) is 31.7 Å². The molecule has 0 aromatic heterocycles. The van der Waals surface area contributed by atoms with Crippen LogP contribution in [0.5, 0.6) is 0 Å². The first-order valence-corrected chi connectivity index (χ1v) is 7.62. The summed E-state index contributed by atoms with van der Waals surface area (Å²) < 4.78 is 0. The highest BCUT2D eigenvalue weighted by molar-refractivity contribution is 5.88. The number of hydrogen-bond donors (Lipinski definition) is 2. The van der Waals surface area contributed by atoms with Crippen LogP contribution in [-0.2, 0) is 9.59 Å². The van der Waals surface area contributed by atoms with Gasteiger partial charge in [0.1, 0.15) is 6.04 Å². The molecule has 2 aromatic carbocycles. The number of benzene rings is 2. The zero-order chi connectivity index (χ0) is 15.7. The van der Waals surface area contributed by atoms with Crippen LogP contribution in [0.4, 0.5) is 0 Å². The molecular formula is C18H19NO3. The highest BCUT2D eigenvalue weighted by Crippen LogP contribution is 2.48. The molecule has 4 heteroatoms. The molecule has 0 heterocycles. The van der Waals surface area contributed by atoms with Gasteiger partial charge in [0.25, 0.3) is 0 Å². The van der Waals surface area contributed by atoms with Crippen molar-refractivity contribution >= 4 is 22.6 Å². The van der Waals surface area contributed by atoms with Gasteiger partial charge in [-0.05, 0) is 35.1 Å². The van der Waals surface area contributed by atoms with Crippen molar-refractivity contribution in [1.82, 2.24) is 5.32 Å². The average Bonchev–Trinajstić information content (AvgIpc) is 3.32. The Bertz CT molecular complexity index is 725. The van der Waals surface area contributed by atoms with Crippen LogP contribution in [0, 0.1) is 5.92 Å². The van der Waals surface area contributed by atoms with Crippen molar-refractivity contribution in [3.63, 3.8) is 0 Å². The second-order valence-corrected chi connectivity index (χ2v) is 5.86. The van der Waals surface area contributed by atoms with E-state index in [-0.39, 0.29) is 17.7 Å². The van der Waals surface area contributed by atoms with Crippen molar-refractivity contribution in [2.75, 3.05) is 0 Å². The number of aliphatic carboxylic acids is 1. The van der Waals surface area contributed by atoms with E-state index in [1.165, 1.54) is 10.8 Å². The second-order valence-electron chi connectivity index (χ2n) is 5.86. The zero-order valence-corrected chi connectivity index (χ0v) is 12.5. The first kappa shape index (κ1) is 14.6. The Labute approximate surface area is 129 Å². The topological polar surface area (TPSA) is 66.4 Å². The van der Waals surface area contributed by atoms with Gasteiger partial charge in [0, 0.05) is 5.92 Å². The number of carbonyl (C=O) groups excluding carboxylic acids is 1. The number of amides is 1. The molecule has 1 aliphatic carbocycles. The van der Waals surface area contributed by atoms with E-state index in [1.54, 1.807) is 6.92 Å². The third-order valence-corrected chi connectivity index (χ3v) is 4.35. The molecule has 1 fully saturated rings. The second kappa shape index (κ2) is 5.79. The summed E-state index contributed by atoms with van der Waals surface area (Å²) in [6, 6.07) is 13.6. The first-order chi connectivity index (χ1) is 10.6. The fourth-order valence-electron chi connectivity index (χ4n) is 2.91. The quantitative estimate of drug-likeness (QED) is 0.891. The molecule has 3 atom stereocenters. The summed E-state index contributed by atoms with van der Waals surface area (Å²) in [6.45, 7) is 1.76. The highest BCUT2D eigenvalue weighted by atomic mass is 16.4. The number of nitrogens with one attached hydrogen (secondary N) is 1. The van der Waals surface area contributed by atoms with E-state index in [9.17, 15) is 9.59 Å². The number of hydrogen-bond acceptors (Lipinski definition) is 2. The molecule has 22 heavy (non-hydrogen) atoms. The van der Waals surface area contributed by atoms with Gasteiger partial charge in [0.15, 0.2) is 0 Å². The molecule has 4 nitrogen and oxygen atoms in total. The van der Waals surface area contributed by atoms with Crippen LogP contribution in [-0.4, -0.2) is 23.0 Å². The van der Waals surface area contributed by atoms with Crippen molar-refractivity contribution in [3.8, 4) is 0 Å².